The van der Waals surface area contributed by atoms with Gasteiger partial charge in [0.1, 0.15) is 5.78 Å². The second-order valence-corrected chi connectivity index (χ2v) is 7.41. The second-order valence-electron chi connectivity index (χ2n) is 7.41. The van der Waals surface area contributed by atoms with E-state index in [9.17, 15) is 9.59 Å². The topological polar surface area (TPSA) is 37.4 Å². The average Bonchev–Trinajstić information content (AvgIpc) is 2.69. The van der Waals surface area contributed by atoms with Crippen molar-refractivity contribution in [3.8, 4) is 11.8 Å². The Bertz CT molecular complexity index is 919. The molecule has 0 radical (unpaired) electrons. The van der Waals surface area contributed by atoms with Crippen molar-refractivity contribution >= 4 is 17.4 Å². The summed E-state index contributed by atoms with van der Waals surface area (Å²) in [6, 6.07) is 15.7. The molecule has 0 N–H and O–H groups in total. The third kappa shape index (κ3) is 4.70. The smallest absolute Gasteiger partial charge is 0.227 e. The molecule has 1 aliphatic rings. The molecular formula is C25H27NO2. The van der Waals surface area contributed by atoms with E-state index in [4.69, 9.17) is 0 Å². The normalized spacial score (nSPS) is 13.3. The maximum atomic E-state index is 13.1. The minimum absolute atomic E-state index is 0.0434. The average molecular weight is 373 g/mol. The van der Waals surface area contributed by atoms with Gasteiger partial charge < -0.3 is 4.90 Å². The van der Waals surface area contributed by atoms with Crippen LogP contribution >= 0.6 is 0 Å². The Labute approximate surface area is 167 Å². The molecule has 0 aromatic heterocycles. The molecule has 3 heteroatoms. The molecule has 28 heavy (non-hydrogen) atoms. The summed E-state index contributed by atoms with van der Waals surface area (Å²) in [5.74, 6) is 6.84. The van der Waals surface area contributed by atoms with Crippen molar-refractivity contribution in [3.05, 3.63) is 65.2 Å². The van der Waals surface area contributed by atoms with Gasteiger partial charge in [-0.3, -0.25) is 9.59 Å². The molecule has 0 saturated heterocycles. The van der Waals surface area contributed by atoms with Gasteiger partial charge in [0, 0.05) is 29.9 Å². The number of ketones is 1. The number of carbonyl (C=O) groups excluding carboxylic acids is 2. The van der Waals surface area contributed by atoms with Gasteiger partial charge in [0.15, 0.2) is 0 Å². The van der Waals surface area contributed by atoms with Gasteiger partial charge in [-0.25, -0.2) is 0 Å². The quantitative estimate of drug-likeness (QED) is 0.633. The lowest BCUT2D eigenvalue weighted by atomic mass is 9.97. The molecule has 3 nitrogen and oxygen atoms in total. The van der Waals surface area contributed by atoms with Crippen molar-refractivity contribution in [2.45, 2.75) is 52.5 Å². The number of para-hydroxylation sites is 1. The van der Waals surface area contributed by atoms with Gasteiger partial charge in [-0.2, -0.15) is 0 Å². The van der Waals surface area contributed by atoms with Crippen molar-refractivity contribution in [2.75, 3.05) is 4.90 Å². The molecule has 0 bridgehead atoms. The predicted octanol–water partition coefficient (Wildman–Crippen LogP) is 5.11. The van der Waals surface area contributed by atoms with Gasteiger partial charge in [-0.05, 0) is 36.6 Å². The van der Waals surface area contributed by atoms with Gasteiger partial charge in [0.2, 0.25) is 5.91 Å². The maximum absolute atomic E-state index is 13.1. The predicted molar refractivity (Wildman–Crippen MR) is 113 cm³/mol. The molecule has 0 fully saturated rings. The van der Waals surface area contributed by atoms with Crippen LogP contribution < -0.4 is 4.90 Å². The first-order chi connectivity index (χ1) is 13.6. The van der Waals surface area contributed by atoms with Crippen LogP contribution in [0.4, 0.5) is 5.69 Å². The molecule has 0 saturated carbocycles. The van der Waals surface area contributed by atoms with Crippen LogP contribution in [0.15, 0.2) is 48.5 Å². The Morgan fingerprint density at radius 3 is 2.46 bits per heavy atom. The Kier molecular flexibility index (Phi) is 6.66. The molecule has 0 spiro atoms. The minimum Gasteiger partial charge on any atom is -0.307 e. The van der Waals surface area contributed by atoms with Crippen LogP contribution in [0.2, 0.25) is 0 Å². The fraction of sp³-hybridized carbons (Fsp3) is 0.360. The Morgan fingerprint density at radius 2 is 1.68 bits per heavy atom. The highest BCUT2D eigenvalue weighted by molar-refractivity contribution is 5.95. The number of carbonyl (C=O) groups is 2. The molecule has 1 aliphatic heterocycles. The highest BCUT2D eigenvalue weighted by Gasteiger charge is 2.21. The van der Waals surface area contributed by atoms with E-state index < -0.39 is 0 Å². The van der Waals surface area contributed by atoms with Crippen LogP contribution in [-0.4, -0.2) is 11.7 Å². The number of hydrogen-bond acceptors (Lipinski definition) is 2. The SMILES string of the molecule is CCCC(C)C(=O)CCCC(=O)N1Cc2ccccc2C#Cc2ccccc21. The molecular weight excluding hydrogens is 346 g/mol. The summed E-state index contributed by atoms with van der Waals surface area (Å²) in [5.41, 5.74) is 3.71. The monoisotopic (exact) mass is 373 g/mol. The van der Waals surface area contributed by atoms with Crippen molar-refractivity contribution in [3.63, 3.8) is 0 Å². The van der Waals surface area contributed by atoms with Gasteiger partial charge in [0.25, 0.3) is 0 Å². The Balaban J connectivity index is 1.76. The number of Topliss-reactive ketones (excluding diaryl/α,β-unsaturated/α-hetero) is 1. The highest BCUT2D eigenvalue weighted by Crippen LogP contribution is 2.26. The molecule has 0 aliphatic carbocycles. The van der Waals surface area contributed by atoms with E-state index in [-0.39, 0.29) is 17.6 Å². The lowest BCUT2D eigenvalue weighted by Crippen LogP contribution is -2.31. The summed E-state index contributed by atoms with van der Waals surface area (Å²) >= 11 is 0. The third-order valence-corrected chi connectivity index (χ3v) is 5.26. The number of amides is 1. The highest BCUT2D eigenvalue weighted by atomic mass is 16.2. The zero-order valence-corrected chi connectivity index (χ0v) is 16.7. The summed E-state index contributed by atoms with van der Waals surface area (Å²) in [4.78, 5) is 27.1. The first kappa shape index (κ1) is 19.9. The first-order valence-corrected chi connectivity index (χ1v) is 10.1. The first-order valence-electron chi connectivity index (χ1n) is 10.1. The molecule has 144 valence electrons. The number of anilines is 1. The largest absolute Gasteiger partial charge is 0.307 e. The fourth-order valence-electron chi connectivity index (χ4n) is 3.60. The lowest BCUT2D eigenvalue weighted by molar-refractivity contribution is -0.123. The van der Waals surface area contributed by atoms with Crippen LogP contribution in [-0.2, 0) is 16.1 Å². The molecule has 1 amide bonds. The van der Waals surface area contributed by atoms with E-state index in [1.807, 2.05) is 60.4 Å². The summed E-state index contributed by atoms with van der Waals surface area (Å²) in [6.45, 7) is 4.58. The fourth-order valence-corrected chi connectivity index (χ4v) is 3.60. The number of rotatable bonds is 7. The van der Waals surface area contributed by atoms with Gasteiger partial charge in [-0.15, -0.1) is 0 Å². The van der Waals surface area contributed by atoms with Gasteiger partial charge in [0.05, 0.1) is 12.2 Å². The summed E-state index contributed by atoms with van der Waals surface area (Å²) in [6.07, 6.45) is 3.36. The molecule has 1 unspecified atom stereocenters. The third-order valence-electron chi connectivity index (χ3n) is 5.26. The number of hydrogen-bond donors (Lipinski definition) is 0. The van der Waals surface area contributed by atoms with E-state index in [0.717, 1.165) is 35.2 Å². The zero-order chi connectivity index (χ0) is 19.9. The summed E-state index contributed by atoms with van der Waals surface area (Å²) in [7, 11) is 0. The van der Waals surface area contributed by atoms with Crippen LogP contribution in [0.3, 0.4) is 0 Å². The molecule has 1 heterocycles. The van der Waals surface area contributed by atoms with Crippen LogP contribution in [0.25, 0.3) is 0 Å². The summed E-state index contributed by atoms with van der Waals surface area (Å²) < 4.78 is 0. The molecule has 2 aromatic carbocycles. The van der Waals surface area contributed by atoms with Crippen molar-refractivity contribution < 1.29 is 9.59 Å². The van der Waals surface area contributed by atoms with E-state index >= 15 is 0 Å². The standard InChI is InChI=1S/C25H27NO2/c1-3-9-19(2)24(27)14-8-15-25(28)26-18-22-12-5-4-10-20(22)16-17-21-11-6-7-13-23(21)26/h4-7,10-13,19H,3,8-9,14-15,18H2,1-2H3. The molecule has 2 aromatic rings. The van der Waals surface area contributed by atoms with Crippen LogP contribution in [0.1, 0.15) is 62.6 Å². The number of fused-ring (bicyclic) bond motifs is 2. The minimum atomic E-state index is 0.0434. The van der Waals surface area contributed by atoms with E-state index in [1.165, 1.54) is 0 Å². The van der Waals surface area contributed by atoms with E-state index in [0.29, 0.717) is 25.8 Å². The zero-order valence-electron chi connectivity index (χ0n) is 16.7. The van der Waals surface area contributed by atoms with Crippen molar-refractivity contribution in [1.29, 1.82) is 0 Å². The van der Waals surface area contributed by atoms with E-state index in [1.54, 1.807) is 0 Å². The maximum Gasteiger partial charge on any atom is 0.227 e. The van der Waals surface area contributed by atoms with Gasteiger partial charge in [-0.1, -0.05) is 62.4 Å². The van der Waals surface area contributed by atoms with Crippen LogP contribution in [0, 0.1) is 17.8 Å². The summed E-state index contributed by atoms with van der Waals surface area (Å²) in [5, 5.41) is 0. The Morgan fingerprint density at radius 1 is 1.00 bits per heavy atom. The van der Waals surface area contributed by atoms with Crippen molar-refractivity contribution in [2.24, 2.45) is 5.92 Å². The molecule has 3 rings (SSSR count). The second kappa shape index (κ2) is 9.37. The van der Waals surface area contributed by atoms with Crippen LogP contribution in [0.5, 0.6) is 0 Å². The molecule has 1 atom stereocenters. The lowest BCUT2D eigenvalue weighted by Gasteiger charge is -2.26. The number of nitrogens with zero attached hydrogens (tertiary/aromatic N) is 1. The van der Waals surface area contributed by atoms with Gasteiger partial charge >= 0.3 is 0 Å². The number of benzene rings is 2. The Hall–Kier alpha value is -2.86. The van der Waals surface area contributed by atoms with E-state index in [2.05, 4.69) is 18.8 Å². The van der Waals surface area contributed by atoms with Crippen molar-refractivity contribution in [1.82, 2.24) is 0 Å².